The molecule has 3 rings (SSSR count). The van der Waals surface area contributed by atoms with Crippen molar-refractivity contribution in [3.05, 3.63) is 71.8 Å². The van der Waals surface area contributed by atoms with Crippen molar-refractivity contribution >= 4 is 27.5 Å². The van der Waals surface area contributed by atoms with Gasteiger partial charge in [0.25, 0.3) is 0 Å². The van der Waals surface area contributed by atoms with E-state index < -0.39 is 10.8 Å². The molecule has 0 saturated heterocycles. The highest BCUT2D eigenvalue weighted by atomic mass is 32.2. The minimum Gasteiger partial charge on any atom is -0.369 e. The number of benzene rings is 2. The first kappa shape index (κ1) is 16.2. The molecule has 4 nitrogen and oxygen atoms in total. The number of rotatable bonds is 6. The summed E-state index contributed by atoms with van der Waals surface area (Å²) in [6, 6.07) is 21.3. The molecule has 2 aromatic carbocycles. The van der Waals surface area contributed by atoms with Crippen LogP contribution >= 0.6 is 0 Å². The number of nitriles is 1. The number of hydrogen-bond acceptors (Lipinski definition) is 4. The number of anilines is 1. The van der Waals surface area contributed by atoms with Crippen LogP contribution in [0.4, 0.5) is 5.82 Å². The Hall–Kier alpha value is -2.71. The van der Waals surface area contributed by atoms with Gasteiger partial charge in [-0.3, -0.25) is 4.21 Å². The molecule has 1 atom stereocenters. The maximum Gasteiger partial charge on any atom is 0.128 e. The van der Waals surface area contributed by atoms with Gasteiger partial charge in [-0.25, -0.2) is 4.98 Å². The average molecular weight is 335 g/mol. The van der Waals surface area contributed by atoms with Crippen LogP contribution in [0, 0.1) is 11.3 Å². The highest BCUT2D eigenvalue weighted by Crippen LogP contribution is 2.19. The van der Waals surface area contributed by atoms with Crippen molar-refractivity contribution in [1.29, 1.82) is 5.26 Å². The number of para-hydroxylation sites is 1. The van der Waals surface area contributed by atoms with Gasteiger partial charge in [0.1, 0.15) is 5.82 Å². The zero-order valence-electron chi connectivity index (χ0n) is 13.1. The van der Waals surface area contributed by atoms with E-state index in [0.717, 1.165) is 16.5 Å². The molecule has 0 aliphatic rings. The van der Waals surface area contributed by atoms with E-state index in [4.69, 9.17) is 0 Å². The van der Waals surface area contributed by atoms with Crippen molar-refractivity contribution < 1.29 is 4.21 Å². The van der Waals surface area contributed by atoms with Gasteiger partial charge in [0.15, 0.2) is 0 Å². The lowest BCUT2D eigenvalue weighted by Crippen LogP contribution is -2.13. The first-order chi connectivity index (χ1) is 11.8. The van der Waals surface area contributed by atoms with Crippen LogP contribution in [-0.4, -0.2) is 21.5 Å². The topological polar surface area (TPSA) is 65.8 Å². The molecule has 0 saturated carbocycles. The number of aromatic nitrogens is 1. The van der Waals surface area contributed by atoms with Crippen molar-refractivity contribution in [2.45, 2.75) is 5.75 Å². The largest absolute Gasteiger partial charge is 0.369 e. The Balaban J connectivity index is 1.62. The molecule has 24 heavy (non-hydrogen) atoms. The van der Waals surface area contributed by atoms with Crippen LogP contribution in [0.5, 0.6) is 0 Å². The first-order valence-corrected chi connectivity index (χ1v) is 9.18. The second-order valence-corrected chi connectivity index (χ2v) is 6.96. The molecule has 0 fully saturated rings. The lowest BCUT2D eigenvalue weighted by Gasteiger charge is -2.08. The molecule has 5 heteroatoms. The van der Waals surface area contributed by atoms with Crippen molar-refractivity contribution in [1.82, 2.24) is 4.98 Å². The quantitative estimate of drug-likeness (QED) is 0.749. The normalized spacial score (nSPS) is 11.8. The predicted octanol–water partition coefficient (Wildman–Crippen LogP) is 3.47. The van der Waals surface area contributed by atoms with Crippen LogP contribution in [0.15, 0.2) is 60.7 Å². The van der Waals surface area contributed by atoms with Gasteiger partial charge in [-0.05, 0) is 17.7 Å². The molecule has 0 aliphatic carbocycles. The lowest BCUT2D eigenvalue weighted by atomic mass is 10.1. The zero-order valence-corrected chi connectivity index (χ0v) is 13.9. The monoisotopic (exact) mass is 335 g/mol. The Bertz CT molecular complexity index is 903. The summed E-state index contributed by atoms with van der Waals surface area (Å²) in [5.74, 6) is 1.73. The second-order valence-electron chi connectivity index (χ2n) is 5.38. The summed E-state index contributed by atoms with van der Waals surface area (Å²) in [6.45, 7) is 0.551. The van der Waals surface area contributed by atoms with E-state index in [1.165, 1.54) is 0 Å². The maximum absolute atomic E-state index is 12.1. The molecular weight excluding hydrogens is 318 g/mol. The summed E-state index contributed by atoms with van der Waals surface area (Å²) in [7, 11) is -0.934. The molecular formula is C19H17N3OS. The Morgan fingerprint density at radius 1 is 1.08 bits per heavy atom. The summed E-state index contributed by atoms with van der Waals surface area (Å²) < 4.78 is 12.1. The minimum atomic E-state index is -0.934. The smallest absolute Gasteiger partial charge is 0.128 e. The van der Waals surface area contributed by atoms with Gasteiger partial charge in [0.2, 0.25) is 0 Å². The van der Waals surface area contributed by atoms with Crippen LogP contribution in [-0.2, 0) is 16.6 Å². The molecule has 1 N–H and O–H groups in total. The highest BCUT2D eigenvalue weighted by molar-refractivity contribution is 7.84. The van der Waals surface area contributed by atoms with Gasteiger partial charge in [-0.15, -0.1) is 0 Å². The summed E-state index contributed by atoms with van der Waals surface area (Å²) in [6.07, 6.45) is 0. The van der Waals surface area contributed by atoms with Crippen LogP contribution in [0.3, 0.4) is 0 Å². The van der Waals surface area contributed by atoms with Crippen molar-refractivity contribution in [3.63, 3.8) is 0 Å². The Morgan fingerprint density at radius 2 is 1.83 bits per heavy atom. The summed E-state index contributed by atoms with van der Waals surface area (Å²) >= 11 is 0. The molecule has 0 spiro atoms. The third kappa shape index (κ3) is 3.98. The van der Waals surface area contributed by atoms with E-state index in [0.29, 0.717) is 29.4 Å². The summed E-state index contributed by atoms with van der Waals surface area (Å²) in [5, 5.41) is 13.3. The van der Waals surface area contributed by atoms with Gasteiger partial charge in [0.05, 0.1) is 17.1 Å². The van der Waals surface area contributed by atoms with Gasteiger partial charge in [-0.2, -0.15) is 5.26 Å². The third-order valence-corrected chi connectivity index (χ3v) is 4.96. The fourth-order valence-corrected chi connectivity index (χ4v) is 3.52. The maximum atomic E-state index is 12.1. The number of pyridine rings is 1. The molecule has 0 unspecified atom stereocenters. The number of hydrogen-bond donors (Lipinski definition) is 1. The van der Waals surface area contributed by atoms with E-state index in [9.17, 15) is 9.47 Å². The molecule has 0 amide bonds. The molecule has 1 aromatic heterocycles. The van der Waals surface area contributed by atoms with E-state index in [1.54, 1.807) is 6.07 Å². The molecule has 0 aliphatic heterocycles. The minimum absolute atomic E-state index is 0.533. The first-order valence-electron chi connectivity index (χ1n) is 7.69. The van der Waals surface area contributed by atoms with E-state index in [-0.39, 0.29) is 0 Å². The molecule has 0 radical (unpaired) electrons. The van der Waals surface area contributed by atoms with E-state index in [2.05, 4.69) is 16.4 Å². The fraction of sp³-hybridized carbons (Fsp3) is 0.158. The highest BCUT2D eigenvalue weighted by Gasteiger charge is 2.06. The van der Waals surface area contributed by atoms with Gasteiger partial charge >= 0.3 is 0 Å². The van der Waals surface area contributed by atoms with Gasteiger partial charge < -0.3 is 5.32 Å². The van der Waals surface area contributed by atoms with E-state index >= 15 is 0 Å². The van der Waals surface area contributed by atoms with Crippen molar-refractivity contribution in [3.8, 4) is 6.07 Å². The molecule has 3 aromatic rings. The molecule has 0 bridgehead atoms. The lowest BCUT2D eigenvalue weighted by molar-refractivity contribution is 0.682. The van der Waals surface area contributed by atoms with Crippen molar-refractivity contribution in [2.24, 2.45) is 0 Å². The average Bonchev–Trinajstić information content (AvgIpc) is 2.62. The SMILES string of the molecule is N#Cc1cc(NCC[S@](=O)Cc2ccccc2)nc2ccccc12. The van der Waals surface area contributed by atoms with Crippen LogP contribution in [0.1, 0.15) is 11.1 Å². The van der Waals surface area contributed by atoms with Crippen molar-refractivity contribution in [2.75, 3.05) is 17.6 Å². The Kier molecular flexibility index (Phi) is 5.19. The second kappa shape index (κ2) is 7.71. The van der Waals surface area contributed by atoms with Crippen LogP contribution < -0.4 is 5.32 Å². The molecule has 1 heterocycles. The van der Waals surface area contributed by atoms with Gasteiger partial charge in [0, 0.05) is 34.2 Å². The van der Waals surface area contributed by atoms with Gasteiger partial charge in [-0.1, -0.05) is 48.5 Å². The number of nitrogens with zero attached hydrogens (tertiary/aromatic N) is 2. The van der Waals surface area contributed by atoms with Crippen LogP contribution in [0.2, 0.25) is 0 Å². The predicted molar refractivity (Wildman–Crippen MR) is 98.1 cm³/mol. The third-order valence-electron chi connectivity index (χ3n) is 3.64. The standard InChI is InChI=1S/C19H17N3OS/c20-13-16-12-19(22-18-9-5-4-8-17(16)18)21-10-11-24(23)14-15-6-2-1-3-7-15/h1-9,12H,10-11,14H2,(H,21,22)/t24-/m0/s1. The zero-order chi connectivity index (χ0) is 16.8. The summed E-state index contributed by atoms with van der Waals surface area (Å²) in [4.78, 5) is 4.50. The van der Waals surface area contributed by atoms with E-state index in [1.807, 2.05) is 54.6 Å². The fourth-order valence-electron chi connectivity index (χ4n) is 2.48. The molecule has 120 valence electrons. The Morgan fingerprint density at radius 3 is 2.62 bits per heavy atom. The Labute approximate surface area is 143 Å². The number of nitrogens with one attached hydrogen (secondary N) is 1. The van der Waals surface area contributed by atoms with Crippen LogP contribution in [0.25, 0.3) is 10.9 Å². The number of fused-ring (bicyclic) bond motifs is 1. The summed E-state index contributed by atoms with van der Waals surface area (Å²) in [5.41, 5.74) is 2.45.